The normalized spacial score (nSPS) is 18.3. The van der Waals surface area contributed by atoms with Gasteiger partial charge in [0.15, 0.2) is 23.0 Å². The maximum Gasteiger partial charge on any atom is 0.231 e. The van der Waals surface area contributed by atoms with Crippen molar-refractivity contribution < 1.29 is 33.0 Å². The smallest absolute Gasteiger partial charge is 0.231 e. The number of methoxy groups -OCH3 is 3. The Bertz CT molecular complexity index is 1000. The van der Waals surface area contributed by atoms with Crippen LogP contribution in [0.4, 0.5) is 0 Å². The molecule has 7 heteroatoms. The molecule has 0 radical (unpaired) electrons. The molecular formula is C24H30NO6+. The molecule has 0 bridgehead atoms. The first-order chi connectivity index (χ1) is 14.9. The average molecular weight is 429 g/mol. The maximum absolute atomic E-state index is 13.2. The van der Waals surface area contributed by atoms with Crippen LogP contribution in [0.2, 0.25) is 0 Å². The van der Waals surface area contributed by atoms with E-state index >= 15 is 0 Å². The van der Waals surface area contributed by atoms with E-state index in [1.165, 1.54) is 5.56 Å². The van der Waals surface area contributed by atoms with Crippen LogP contribution >= 0.6 is 0 Å². The van der Waals surface area contributed by atoms with Gasteiger partial charge in [0.05, 0.1) is 54.0 Å². The summed E-state index contributed by atoms with van der Waals surface area (Å²) in [5, 5.41) is 0. The van der Waals surface area contributed by atoms with Gasteiger partial charge in [-0.3, -0.25) is 4.79 Å². The SMILES string of the molecule is COc1ccc(CC(=O)C[C@H]2c3c(cc4c(c3OC)OCO4)CC[N+]2(C)C)cc1OC. The summed E-state index contributed by atoms with van der Waals surface area (Å²) in [6.45, 7) is 1.12. The summed E-state index contributed by atoms with van der Waals surface area (Å²) in [4.78, 5) is 13.2. The Morgan fingerprint density at radius 1 is 1.06 bits per heavy atom. The highest BCUT2D eigenvalue weighted by Crippen LogP contribution is 2.51. The van der Waals surface area contributed by atoms with Crippen molar-refractivity contribution in [2.45, 2.75) is 25.3 Å². The van der Waals surface area contributed by atoms with Gasteiger partial charge < -0.3 is 28.2 Å². The average Bonchev–Trinajstić information content (AvgIpc) is 3.22. The van der Waals surface area contributed by atoms with Gasteiger partial charge in [-0.05, 0) is 29.3 Å². The zero-order chi connectivity index (χ0) is 22.2. The van der Waals surface area contributed by atoms with Crippen LogP contribution in [0.3, 0.4) is 0 Å². The number of Topliss-reactive ketones (excluding diaryl/α,β-unsaturated/α-hetero) is 1. The first-order valence-electron chi connectivity index (χ1n) is 10.4. The fourth-order valence-electron chi connectivity index (χ4n) is 4.62. The van der Waals surface area contributed by atoms with E-state index in [0.29, 0.717) is 40.3 Å². The molecule has 2 aromatic rings. The minimum Gasteiger partial charge on any atom is -0.493 e. The number of carbonyl (C=O) groups excluding carboxylic acids is 1. The molecule has 0 saturated carbocycles. The molecule has 0 N–H and O–H groups in total. The lowest BCUT2D eigenvalue weighted by atomic mass is 9.86. The molecular weight excluding hydrogens is 398 g/mol. The molecule has 2 aliphatic rings. The van der Waals surface area contributed by atoms with E-state index in [0.717, 1.165) is 29.8 Å². The molecule has 0 fully saturated rings. The van der Waals surface area contributed by atoms with E-state index in [9.17, 15) is 4.79 Å². The first kappa shape index (κ1) is 21.3. The Balaban J connectivity index is 1.63. The number of nitrogens with zero attached hydrogens (tertiary/aromatic N) is 1. The molecule has 0 aliphatic carbocycles. The number of hydrogen-bond donors (Lipinski definition) is 0. The Labute approximate surface area is 183 Å². The number of fused-ring (bicyclic) bond motifs is 2. The third kappa shape index (κ3) is 3.90. The summed E-state index contributed by atoms with van der Waals surface area (Å²) in [6, 6.07) is 7.63. The summed E-state index contributed by atoms with van der Waals surface area (Å²) in [5.41, 5.74) is 3.13. The van der Waals surface area contributed by atoms with Crippen LogP contribution in [0.1, 0.15) is 29.2 Å². The molecule has 4 rings (SSSR count). The number of benzene rings is 2. The van der Waals surface area contributed by atoms with Crippen molar-refractivity contribution in [1.82, 2.24) is 0 Å². The summed E-state index contributed by atoms with van der Waals surface area (Å²) < 4.78 is 28.4. The molecule has 2 aromatic carbocycles. The lowest BCUT2D eigenvalue weighted by molar-refractivity contribution is -0.922. The van der Waals surface area contributed by atoms with Gasteiger partial charge >= 0.3 is 0 Å². The fraction of sp³-hybridized carbons (Fsp3) is 0.458. The highest BCUT2D eigenvalue weighted by atomic mass is 16.7. The number of rotatable bonds is 7. The molecule has 2 aliphatic heterocycles. The predicted octanol–water partition coefficient (Wildman–Crippen LogP) is 3.32. The number of hydrogen-bond acceptors (Lipinski definition) is 6. The van der Waals surface area contributed by atoms with Crippen LogP contribution < -0.4 is 23.7 Å². The predicted molar refractivity (Wildman–Crippen MR) is 115 cm³/mol. The van der Waals surface area contributed by atoms with Crippen molar-refractivity contribution in [3.63, 3.8) is 0 Å². The molecule has 0 aromatic heterocycles. The van der Waals surface area contributed by atoms with Crippen LogP contribution in [-0.4, -0.2) is 59.0 Å². The number of likely N-dealkylation sites (N-methyl/N-ethyl adjacent to an activating group) is 1. The van der Waals surface area contributed by atoms with Gasteiger partial charge in [0, 0.05) is 12.8 Å². The molecule has 0 saturated heterocycles. The summed E-state index contributed by atoms with van der Waals surface area (Å²) in [6.07, 6.45) is 1.64. The monoisotopic (exact) mass is 428 g/mol. The number of ketones is 1. The van der Waals surface area contributed by atoms with Crippen molar-refractivity contribution >= 4 is 5.78 Å². The van der Waals surface area contributed by atoms with E-state index in [-0.39, 0.29) is 18.6 Å². The van der Waals surface area contributed by atoms with Gasteiger partial charge in [-0.1, -0.05) is 6.07 Å². The van der Waals surface area contributed by atoms with E-state index in [1.807, 2.05) is 24.3 Å². The second kappa shape index (κ2) is 8.30. The zero-order valence-corrected chi connectivity index (χ0v) is 18.8. The summed E-state index contributed by atoms with van der Waals surface area (Å²) >= 11 is 0. The highest BCUT2D eigenvalue weighted by Gasteiger charge is 2.42. The largest absolute Gasteiger partial charge is 0.493 e. The van der Waals surface area contributed by atoms with Crippen molar-refractivity contribution in [3.8, 4) is 28.7 Å². The van der Waals surface area contributed by atoms with Crippen LogP contribution in [-0.2, 0) is 17.6 Å². The highest BCUT2D eigenvalue weighted by molar-refractivity contribution is 5.82. The van der Waals surface area contributed by atoms with E-state index < -0.39 is 0 Å². The van der Waals surface area contributed by atoms with Crippen LogP contribution in [0.5, 0.6) is 28.7 Å². The Kier molecular flexibility index (Phi) is 5.71. The van der Waals surface area contributed by atoms with Crippen molar-refractivity contribution in [2.75, 3.05) is 48.8 Å². The Hall–Kier alpha value is -2.93. The summed E-state index contributed by atoms with van der Waals surface area (Å²) in [5.74, 6) is 3.49. The molecule has 1 atom stereocenters. The minimum atomic E-state index is -0.0270. The lowest BCUT2D eigenvalue weighted by Crippen LogP contribution is -2.48. The number of quaternary nitrogens is 1. The van der Waals surface area contributed by atoms with Gasteiger partial charge in [0.2, 0.25) is 12.5 Å². The molecule has 0 amide bonds. The van der Waals surface area contributed by atoms with Crippen molar-refractivity contribution in [1.29, 1.82) is 0 Å². The van der Waals surface area contributed by atoms with Gasteiger partial charge in [0.1, 0.15) is 11.8 Å². The zero-order valence-electron chi connectivity index (χ0n) is 18.8. The Morgan fingerprint density at radius 2 is 1.84 bits per heavy atom. The van der Waals surface area contributed by atoms with Gasteiger partial charge in [-0.25, -0.2) is 0 Å². The lowest BCUT2D eigenvalue weighted by Gasteiger charge is -2.43. The number of carbonyl (C=O) groups is 1. The fourth-order valence-corrected chi connectivity index (χ4v) is 4.62. The quantitative estimate of drug-likeness (QED) is 0.631. The molecule has 2 heterocycles. The van der Waals surface area contributed by atoms with Crippen molar-refractivity contribution in [2.24, 2.45) is 0 Å². The molecule has 0 spiro atoms. The number of ether oxygens (including phenoxy) is 5. The second-order valence-corrected chi connectivity index (χ2v) is 8.59. The maximum atomic E-state index is 13.2. The van der Waals surface area contributed by atoms with E-state index in [4.69, 9.17) is 23.7 Å². The first-order valence-corrected chi connectivity index (χ1v) is 10.4. The van der Waals surface area contributed by atoms with Crippen molar-refractivity contribution in [3.05, 3.63) is 41.0 Å². The summed E-state index contributed by atoms with van der Waals surface area (Å²) in [7, 11) is 9.18. The molecule has 166 valence electrons. The van der Waals surface area contributed by atoms with Crippen LogP contribution in [0.15, 0.2) is 24.3 Å². The third-order valence-corrected chi connectivity index (χ3v) is 6.35. The van der Waals surface area contributed by atoms with E-state index in [1.54, 1.807) is 21.3 Å². The standard InChI is InChI=1S/C24H30NO6/c1-25(2)9-8-16-12-21-23(31-14-30-21)24(29-5)22(16)18(25)13-17(26)10-15-6-7-19(27-3)20(11-15)28-4/h6-7,11-12,18H,8-10,13-14H2,1-5H3/q+1/t18-/m0/s1. The van der Waals surface area contributed by atoms with Gasteiger partial charge in [-0.15, -0.1) is 0 Å². The molecule has 31 heavy (non-hydrogen) atoms. The molecule has 7 nitrogen and oxygen atoms in total. The van der Waals surface area contributed by atoms with E-state index in [2.05, 4.69) is 14.1 Å². The molecule has 0 unspecified atom stereocenters. The van der Waals surface area contributed by atoms with Crippen LogP contribution in [0.25, 0.3) is 0 Å². The Morgan fingerprint density at radius 3 is 2.55 bits per heavy atom. The van der Waals surface area contributed by atoms with Crippen LogP contribution in [0, 0.1) is 0 Å². The topological polar surface area (TPSA) is 63.2 Å². The minimum absolute atomic E-state index is 0.0270. The second-order valence-electron chi connectivity index (χ2n) is 8.59. The van der Waals surface area contributed by atoms with Gasteiger partial charge in [0.25, 0.3) is 0 Å². The third-order valence-electron chi connectivity index (χ3n) is 6.35. The van der Waals surface area contributed by atoms with Gasteiger partial charge in [-0.2, -0.15) is 0 Å².